The van der Waals surface area contributed by atoms with Gasteiger partial charge < -0.3 is 15.2 Å². The number of aryl methyl sites for hydroxylation is 1. The van der Waals surface area contributed by atoms with Gasteiger partial charge in [0.1, 0.15) is 6.54 Å². The maximum atomic E-state index is 11.0. The molecule has 0 spiro atoms. The van der Waals surface area contributed by atoms with Crippen LogP contribution in [-0.4, -0.2) is 30.8 Å². The standard InChI is InChI=1S/C11H10N4O4/c1-7-5-14(13-10(7)15(18)19)6-9-8(11(16)17)3-2-4-12-9/h2-5H,6H2,1H3,(H,16,17). The molecule has 0 aliphatic heterocycles. The number of nitrogens with zero attached hydrogens (tertiary/aromatic N) is 4. The molecule has 0 saturated heterocycles. The summed E-state index contributed by atoms with van der Waals surface area (Å²) in [7, 11) is 0. The van der Waals surface area contributed by atoms with Crippen molar-refractivity contribution < 1.29 is 14.8 Å². The van der Waals surface area contributed by atoms with Crippen LogP contribution in [0, 0.1) is 17.0 Å². The van der Waals surface area contributed by atoms with Crippen LogP contribution in [0.25, 0.3) is 0 Å². The molecule has 2 aromatic heterocycles. The minimum Gasteiger partial charge on any atom is -0.478 e. The normalized spacial score (nSPS) is 10.4. The third-order valence-electron chi connectivity index (χ3n) is 2.52. The number of aromatic carboxylic acids is 1. The average molecular weight is 262 g/mol. The Kier molecular flexibility index (Phi) is 3.23. The lowest BCUT2D eigenvalue weighted by Gasteiger charge is -2.02. The van der Waals surface area contributed by atoms with Crippen LogP contribution in [0.2, 0.25) is 0 Å². The van der Waals surface area contributed by atoms with E-state index in [2.05, 4.69) is 10.1 Å². The molecular formula is C11H10N4O4. The fraction of sp³-hybridized carbons (Fsp3) is 0.182. The molecule has 1 N–H and O–H groups in total. The summed E-state index contributed by atoms with van der Waals surface area (Å²) in [5.74, 6) is -1.34. The predicted octanol–water partition coefficient (Wildman–Crippen LogP) is 1.24. The van der Waals surface area contributed by atoms with E-state index in [0.717, 1.165) is 0 Å². The smallest absolute Gasteiger partial charge is 0.392 e. The van der Waals surface area contributed by atoms with Gasteiger partial charge in [0.05, 0.1) is 28.1 Å². The Hall–Kier alpha value is -2.77. The van der Waals surface area contributed by atoms with Gasteiger partial charge in [-0.3, -0.25) is 4.98 Å². The largest absolute Gasteiger partial charge is 0.478 e. The zero-order valence-electron chi connectivity index (χ0n) is 9.98. The maximum Gasteiger partial charge on any atom is 0.392 e. The summed E-state index contributed by atoms with van der Waals surface area (Å²) >= 11 is 0. The molecule has 2 rings (SSSR count). The SMILES string of the molecule is Cc1cn(Cc2ncccc2C(=O)O)nc1[N+](=O)[O-]. The van der Waals surface area contributed by atoms with Crippen LogP contribution in [0.1, 0.15) is 21.6 Å². The van der Waals surface area contributed by atoms with Crippen molar-refractivity contribution in [2.45, 2.75) is 13.5 Å². The first-order chi connectivity index (χ1) is 8.99. The van der Waals surface area contributed by atoms with E-state index < -0.39 is 10.9 Å². The summed E-state index contributed by atoms with van der Waals surface area (Å²) in [4.78, 5) is 25.1. The molecule has 2 heterocycles. The maximum absolute atomic E-state index is 11.0. The van der Waals surface area contributed by atoms with Crippen LogP contribution in [0.5, 0.6) is 0 Å². The molecule has 2 aromatic rings. The Morgan fingerprint density at radius 1 is 1.58 bits per heavy atom. The van der Waals surface area contributed by atoms with Gasteiger partial charge in [-0.05, 0) is 24.0 Å². The van der Waals surface area contributed by atoms with Gasteiger partial charge in [-0.2, -0.15) is 4.68 Å². The minimum absolute atomic E-state index is 0.0540. The van der Waals surface area contributed by atoms with Crippen LogP contribution in [0.15, 0.2) is 24.5 Å². The van der Waals surface area contributed by atoms with E-state index in [4.69, 9.17) is 5.11 Å². The number of nitro groups is 1. The molecular weight excluding hydrogens is 252 g/mol. The second-order valence-electron chi connectivity index (χ2n) is 3.89. The lowest BCUT2D eigenvalue weighted by Crippen LogP contribution is -2.09. The minimum atomic E-state index is -1.10. The van der Waals surface area contributed by atoms with Crippen molar-refractivity contribution in [3.8, 4) is 0 Å². The fourth-order valence-electron chi connectivity index (χ4n) is 1.68. The summed E-state index contributed by atoms with van der Waals surface area (Å²) in [6, 6.07) is 2.94. The number of aromatic nitrogens is 3. The number of hydrogen-bond donors (Lipinski definition) is 1. The van der Waals surface area contributed by atoms with Crippen LogP contribution in [-0.2, 0) is 6.54 Å². The molecule has 0 atom stereocenters. The van der Waals surface area contributed by atoms with E-state index in [9.17, 15) is 14.9 Å². The lowest BCUT2D eigenvalue weighted by molar-refractivity contribution is -0.390. The molecule has 0 aromatic carbocycles. The van der Waals surface area contributed by atoms with Crippen LogP contribution in [0.3, 0.4) is 0 Å². The van der Waals surface area contributed by atoms with E-state index in [1.54, 1.807) is 6.92 Å². The van der Waals surface area contributed by atoms with Gasteiger partial charge in [0, 0.05) is 6.20 Å². The highest BCUT2D eigenvalue weighted by atomic mass is 16.6. The third-order valence-corrected chi connectivity index (χ3v) is 2.52. The third kappa shape index (κ3) is 2.57. The van der Waals surface area contributed by atoms with Crippen LogP contribution in [0.4, 0.5) is 5.82 Å². The molecule has 0 fully saturated rings. The number of carboxylic acid groups (broad SMARTS) is 1. The van der Waals surface area contributed by atoms with Gasteiger partial charge in [-0.25, -0.2) is 4.79 Å². The summed E-state index contributed by atoms with van der Waals surface area (Å²) in [5, 5.41) is 23.5. The molecule has 8 nitrogen and oxygen atoms in total. The van der Waals surface area contributed by atoms with Crippen molar-refractivity contribution in [2.75, 3.05) is 0 Å². The van der Waals surface area contributed by atoms with Gasteiger partial charge in [0.25, 0.3) is 0 Å². The van der Waals surface area contributed by atoms with Crippen molar-refractivity contribution in [1.82, 2.24) is 14.8 Å². The Bertz CT molecular complexity index is 650. The van der Waals surface area contributed by atoms with Crippen molar-refractivity contribution >= 4 is 11.8 Å². The second-order valence-corrected chi connectivity index (χ2v) is 3.89. The Labute approximate surface area is 107 Å². The van der Waals surface area contributed by atoms with Crippen molar-refractivity contribution in [3.63, 3.8) is 0 Å². The number of carboxylic acids is 1. The van der Waals surface area contributed by atoms with Gasteiger partial charge in [-0.1, -0.05) is 0 Å². The molecule has 0 bridgehead atoms. The number of rotatable bonds is 4. The van der Waals surface area contributed by atoms with Gasteiger partial charge in [-0.15, -0.1) is 0 Å². The van der Waals surface area contributed by atoms with Crippen LogP contribution < -0.4 is 0 Å². The Morgan fingerprint density at radius 2 is 2.32 bits per heavy atom. The zero-order valence-corrected chi connectivity index (χ0v) is 9.98. The Balaban J connectivity index is 2.34. The molecule has 0 aliphatic rings. The van der Waals surface area contributed by atoms with E-state index in [0.29, 0.717) is 11.3 Å². The monoisotopic (exact) mass is 262 g/mol. The molecule has 19 heavy (non-hydrogen) atoms. The highest BCUT2D eigenvalue weighted by Gasteiger charge is 2.19. The topological polar surface area (TPSA) is 111 Å². The van der Waals surface area contributed by atoms with Gasteiger partial charge >= 0.3 is 11.8 Å². The summed E-state index contributed by atoms with van der Waals surface area (Å²) in [5.41, 5.74) is 0.767. The average Bonchev–Trinajstić information content (AvgIpc) is 2.71. The molecule has 0 saturated carbocycles. The van der Waals surface area contributed by atoms with Gasteiger partial charge in [0.2, 0.25) is 0 Å². The van der Waals surface area contributed by atoms with Gasteiger partial charge in [0.15, 0.2) is 0 Å². The van der Waals surface area contributed by atoms with E-state index in [1.807, 2.05) is 0 Å². The highest BCUT2D eigenvalue weighted by Crippen LogP contribution is 2.15. The van der Waals surface area contributed by atoms with Crippen molar-refractivity contribution in [3.05, 3.63) is 51.5 Å². The molecule has 98 valence electrons. The first-order valence-corrected chi connectivity index (χ1v) is 5.34. The quantitative estimate of drug-likeness (QED) is 0.655. The number of hydrogen-bond acceptors (Lipinski definition) is 5. The fourth-order valence-corrected chi connectivity index (χ4v) is 1.68. The Morgan fingerprint density at radius 3 is 2.89 bits per heavy atom. The zero-order chi connectivity index (χ0) is 14.0. The molecule has 8 heteroatoms. The van der Waals surface area contributed by atoms with Crippen LogP contribution >= 0.6 is 0 Å². The van der Waals surface area contributed by atoms with E-state index in [1.165, 1.54) is 29.2 Å². The second kappa shape index (κ2) is 4.84. The summed E-state index contributed by atoms with van der Waals surface area (Å²) in [6.07, 6.45) is 2.95. The number of pyridine rings is 1. The van der Waals surface area contributed by atoms with E-state index >= 15 is 0 Å². The molecule has 0 amide bonds. The molecule has 0 unspecified atom stereocenters. The van der Waals surface area contributed by atoms with E-state index in [-0.39, 0.29) is 17.9 Å². The summed E-state index contributed by atoms with van der Waals surface area (Å²) < 4.78 is 1.31. The van der Waals surface area contributed by atoms with Crippen molar-refractivity contribution in [2.24, 2.45) is 0 Å². The lowest BCUT2D eigenvalue weighted by atomic mass is 10.2. The predicted molar refractivity (Wildman–Crippen MR) is 63.9 cm³/mol. The molecule has 0 radical (unpaired) electrons. The van der Waals surface area contributed by atoms with Crippen molar-refractivity contribution in [1.29, 1.82) is 0 Å². The first kappa shape index (κ1) is 12.7. The molecule has 0 aliphatic carbocycles. The summed E-state index contributed by atoms with van der Waals surface area (Å²) in [6.45, 7) is 1.63. The highest BCUT2D eigenvalue weighted by molar-refractivity contribution is 5.88. The number of carbonyl (C=O) groups is 1. The first-order valence-electron chi connectivity index (χ1n) is 5.34.